The fraction of sp³-hybridized carbons (Fsp3) is 0. The summed E-state index contributed by atoms with van der Waals surface area (Å²) in [6.45, 7) is 0. The Kier molecular flexibility index (Phi) is 2.61. The molecule has 1 heterocycles. The van der Waals surface area contributed by atoms with Crippen molar-refractivity contribution in [3.05, 3.63) is 66.5 Å². The molecule has 3 aromatic rings. The van der Waals surface area contributed by atoms with Gasteiger partial charge < -0.3 is 0 Å². The molecule has 0 bridgehead atoms. The minimum absolute atomic E-state index is 0.721. The molecule has 0 saturated carbocycles. The van der Waals surface area contributed by atoms with Crippen LogP contribution in [0.4, 0.5) is 0 Å². The number of aromatic nitrogens is 1. The molecule has 0 saturated heterocycles. The van der Waals surface area contributed by atoms with E-state index in [0.29, 0.717) is 0 Å². The average Bonchev–Trinajstić information content (AvgIpc) is 2.47. The standard InChI is InChI=1S/C16H11NO/c18-11-13-7-8-15(12-4-3-9-17-10-12)16-6-2-1-5-14(13)16/h1-11H. The number of pyridine rings is 1. The zero-order chi connectivity index (χ0) is 12.4. The van der Waals surface area contributed by atoms with E-state index in [1.807, 2.05) is 54.7 Å². The number of hydrogen-bond donors (Lipinski definition) is 0. The van der Waals surface area contributed by atoms with Crippen molar-refractivity contribution in [1.29, 1.82) is 0 Å². The number of benzene rings is 2. The summed E-state index contributed by atoms with van der Waals surface area (Å²) in [5, 5.41) is 2.06. The van der Waals surface area contributed by atoms with Gasteiger partial charge in [-0.25, -0.2) is 0 Å². The molecule has 2 heteroatoms. The second-order valence-corrected chi connectivity index (χ2v) is 4.11. The highest BCUT2D eigenvalue weighted by Gasteiger charge is 2.06. The molecule has 0 fully saturated rings. The molecular formula is C16H11NO. The van der Waals surface area contributed by atoms with Crippen LogP contribution >= 0.6 is 0 Å². The first-order valence-corrected chi connectivity index (χ1v) is 5.77. The lowest BCUT2D eigenvalue weighted by Gasteiger charge is -2.08. The molecule has 0 aliphatic heterocycles. The van der Waals surface area contributed by atoms with Crippen LogP contribution in [0.25, 0.3) is 21.9 Å². The second kappa shape index (κ2) is 4.41. The number of fused-ring (bicyclic) bond motifs is 1. The predicted octanol–water partition coefficient (Wildman–Crippen LogP) is 3.71. The lowest BCUT2D eigenvalue weighted by Crippen LogP contribution is -1.87. The Hall–Kier alpha value is -2.48. The topological polar surface area (TPSA) is 30.0 Å². The zero-order valence-electron chi connectivity index (χ0n) is 9.71. The van der Waals surface area contributed by atoms with Crippen LogP contribution in [0.1, 0.15) is 10.4 Å². The molecular weight excluding hydrogens is 222 g/mol. The molecule has 0 N–H and O–H groups in total. The predicted molar refractivity (Wildman–Crippen MR) is 72.6 cm³/mol. The summed E-state index contributed by atoms with van der Waals surface area (Å²) in [5.41, 5.74) is 2.88. The van der Waals surface area contributed by atoms with Gasteiger partial charge in [0.15, 0.2) is 6.29 Å². The molecule has 0 unspecified atom stereocenters. The van der Waals surface area contributed by atoms with Crippen molar-refractivity contribution in [3.63, 3.8) is 0 Å². The molecule has 3 rings (SSSR count). The Morgan fingerprint density at radius 1 is 0.889 bits per heavy atom. The number of nitrogens with zero attached hydrogens (tertiary/aromatic N) is 1. The van der Waals surface area contributed by atoms with Crippen molar-refractivity contribution in [2.75, 3.05) is 0 Å². The Balaban J connectivity index is 2.35. The highest BCUT2D eigenvalue weighted by atomic mass is 16.1. The largest absolute Gasteiger partial charge is 0.298 e. The maximum absolute atomic E-state index is 11.1. The fourth-order valence-corrected chi connectivity index (χ4v) is 2.20. The highest BCUT2D eigenvalue weighted by molar-refractivity contribution is 6.05. The molecule has 0 aliphatic carbocycles. The molecule has 0 radical (unpaired) electrons. The van der Waals surface area contributed by atoms with Crippen molar-refractivity contribution >= 4 is 17.1 Å². The quantitative estimate of drug-likeness (QED) is 0.631. The van der Waals surface area contributed by atoms with Crippen molar-refractivity contribution in [1.82, 2.24) is 4.98 Å². The zero-order valence-corrected chi connectivity index (χ0v) is 9.71. The molecule has 2 nitrogen and oxygen atoms in total. The Morgan fingerprint density at radius 3 is 2.44 bits per heavy atom. The summed E-state index contributed by atoms with van der Waals surface area (Å²) in [6.07, 6.45) is 4.49. The van der Waals surface area contributed by atoms with E-state index in [0.717, 1.165) is 33.7 Å². The Labute approximate surface area is 105 Å². The van der Waals surface area contributed by atoms with E-state index in [1.165, 1.54) is 0 Å². The first-order chi connectivity index (χ1) is 8.90. The van der Waals surface area contributed by atoms with E-state index in [2.05, 4.69) is 4.98 Å². The molecule has 0 amide bonds. The van der Waals surface area contributed by atoms with Crippen LogP contribution in [-0.2, 0) is 0 Å². The average molecular weight is 233 g/mol. The highest BCUT2D eigenvalue weighted by Crippen LogP contribution is 2.29. The molecule has 1 aromatic heterocycles. The SMILES string of the molecule is O=Cc1ccc(-c2cccnc2)c2ccccc12. The van der Waals surface area contributed by atoms with Crippen LogP contribution in [0, 0.1) is 0 Å². The van der Waals surface area contributed by atoms with Crippen molar-refractivity contribution in [2.45, 2.75) is 0 Å². The normalized spacial score (nSPS) is 10.4. The van der Waals surface area contributed by atoms with Crippen LogP contribution in [-0.4, -0.2) is 11.3 Å². The molecule has 86 valence electrons. The van der Waals surface area contributed by atoms with Gasteiger partial charge in [-0.3, -0.25) is 9.78 Å². The number of hydrogen-bond acceptors (Lipinski definition) is 2. The van der Waals surface area contributed by atoms with Gasteiger partial charge in [0.2, 0.25) is 0 Å². The van der Waals surface area contributed by atoms with Crippen LogP contribution in [0.5, 0.6) is 0 Å². The van der Waals surface area contributed by atoms with E-state index in [4.69, 9.17) is 0 Å². The summed E-state index contributed by atoms with van der Waals surface area (Å²) in [7, 11) is 0. The summed E-state index contributed by atoms with van der Waals surface area (Å²) in [4.78, 5) is 15.2. The van der Waals surface area contributed by atoms with Gasteiger partial charge in [-0.15, -0.1) is 0 Å². The maximum Gasteiger partial charge on any atom is 0.150 e. The fourth-order valence-electron chi connectivity index (χ4n) is 2.20. The lowest BCUT2D eigenvalue weighted by atomic mass is 9.96. The third-order valence-corrected chi connectivity index (χ3v) is 3.06. The number of aldehydes is 1. The van der Waals surface area contributed by atoms with Gasteiger partial charge >= 0.3 is 0 Å². The van der Waals surface area contributed by atoms with Gasteiger partial charge in [0.1, 0.15) is 0 Å². The lowest BCUT2D eigenvalue weighted by molar-refractivity contribution is 0.112. The third-order valence-electron chi connectivity index (χ3n) is 3.06. The summed E-state index contributed by atoms with van der Waals surface area (Å²) < 4.78 is 0. The van der Waals surface area contributed by atoms with Crippen LogP contribution < -0.4 is 0 Å². The van der Waals surface area contributed by atoms with Crippen LogP contribution in [0.15, 0.2) is 60.9 Å². The second-order valence-electron chi connectivity index (χ2n) is 4.11. The van der Waals surface area contributed by atoms with Crippen LogP contribution in [0.3, 0.4) is 0 Å². The van der Waals surface area contributed by atoms with Gasteiger partial charge in [0, 0.05) is 23.5 Å². The Bertz CT molecular complexity index is 705. The van der Waals surface area contributed by atoms with Gasteiger partial charge in [-0.05, 0) is 22.4 Å². The molecule has 0 aliphatic rings. The summed E-state index contributed by atoms with van der Waals surface area (Å²) in [6, 6.07) is 15.7. The molecule has 18 heavy (non-hydrogen) atoms. The first-order valence-electron chi connectivity index (χ1n) is 5.77. The van der Waals surface area contributed by atoms with E-state index in [9.17, 15) is 4.79 Å². The van der Waals surface area contributed by atoms with E-state index in [-0.39, 0.29) is 0 Å². The van der Waals surface area contributed by atoms with E-state index < -0.39 is 0 Å². The van der Waals surface area contributed by atoms with Gasteiger partial charge in [0.05, 0.1) is 0 Å². The van der Waals surface area contributed by atoms with Crippen molar-refractivity contribution in [3.8, 4) is 11.1 Å². The molecule has 2 aromatic carbocycles. The van der Waals surface area contributed by atoms with Crippen molar-refractivity contribution < 1.29 is 4.79 Å². The summed E-state index contributed by atoms with van der Waals surface area (Å²) >= 11 is 0. The number of carbonyl (C=O) groups is 1. The molecule has 0 spiro atoms. The minimum Gasteiger partial charge on any atom is -0.298 e. The number of rotatable bonds is 2. The third kappa shape index (κ3) is 1.68. The monoisotopic (exact) mass is 233 g/mol. The van der Waals surface area contributed by atoms with Gasteiger partial charge in [-0.1, -0.05) is 42.5 Å². The minimum atomic E-state index is 0.721. The van der Waals surface area contributed by atoms with Gasteiger partial charge in [-0.2, -0.15) is 0 Å². The Morgan fingerprint density at radius 2 is 1.72 bits per heavy atom. The van der Waals surface area contributed by atoms with Crippen LogP contribution in [0.2, 0.25) is 0 Å². The van der Waals surface area contributed by atoms with Crippen molar-refractivity contribution in [2.24, 2.45) is 0 Å². The van der Waals surface area contributed by atoms with E-state index >= 15 is 0 Å². The smallest absolute Gasteiger partial charge is 0.150 e. The van der Waals surface area contributed by atoms with Gasteiger partial charge in [0.25, 0.3) is 0 Å². The summed E-state index contributed by atoms with van der Waals surface area (Å²) in [5.74, 6) is 0. The maximum atomic E-state index is 11.1. The molecule has 0 atom stereocenters. The first kappa shape index (κ1) is 10.7. The number of carbonyl (C=O) groups excluding carboxylic acids is 1. The van der Waals surface area contributed by atoms with E-state index in [1.54, 1.807) is 6.20 Å².